The van der Waals surface area contributed by atoms with Gasteiger partial charge in [0.25, 0.3) is 0 Å². The Morgan fingerprint density at radius 3 is 2.37 bits per heavy atom. The molecule has 0 aliphatic carbocycles. The van der Waals surface area contributed by atoms with Gasteiger partial charge in [0.15, 0.2) is 0 Å². The van der Waals surface area contributed by atoms with Crippen LogP contribution in [0.1, 0.15) is 41.0 Å². The highest BCUT2D eigenvalue weighted by Gasteiger charge is 2.27. The van der Waals surface area contributed by atoms with Gasteiger partial charge in [0.05, 0.1) is 6.61 Å². The van der Waals surface area contributed by atoms with E-state index in [4.69, 9.17) is 0 Å². The van der Waals surface area contributed by atoms with Crippen LogP contribution in [0.15, 0.2) is 12.1 Å². The molecule has 1 aliphatic rings. The van der Waals surface area contributed by atoms with Crippen molar-refractivity contribution in [3.63, 3.8) is 0 Å². The maximum absolute atomic E-state index is 9.87. The van der Waals surface area contributed by atoms with Gasteiger partial charge in [-0.1, -0.05) is 12.1 Å². The number of likely N-dealkylation sites (tertiary alicyclic amines) is 1. The number of nitrogens with zero attached hydrogens (tertiary/aromatic N) is 1. The molecule has 0 radical (unpaired) electrons. The number of hydrogen-bond donors (Lipinski definition) is 1. The van der Waals surface area contributed by atoms with Crippen molar-refractivity contribution >= 4 is 0 Å². The lowest BCUT2D eigenvalue weighted by Crippen LogP contribution is -2.33. The molecule has 1 aromatic carbocycles. The van der Waals surface area contributed by atoms with Crippen LogP contribution >= 0.6 is 0 Å². The van der Waals surface area contributed by atoms with E-state index in [1.807, 2.05) is 0 Å². The SMILES string of the molecule is Cc1ccc(C(CO)C2CCN(C)CC2)c(C)c1C. The van der Waals surface area contributed by atoms with Crippen molar-refractivity contribution in [1.82, 2.24) is 4.90 Å². The Labute approximate surface area is 117 Å². The molecule has 0 bridgehead atoms. The fourth-order valence-corrected chi connectivity index (χ4v) is 3.31. The number of hydrogen-bond acceptors (Lipinski definition) is 2. The average molecular weight is 261 g/mol. The van der Waals surface area contributed by atoms with Crippen LogP contribution in [0.3, 0.4) is 0 Å². The largest absolute Gasteiger partial charge is 0.396 e. The molecule has 1 fully saturated rings. The third-order valence-electron chi connectivity index (χ3n) is 5.03. The molecule has 1 atom stereocenters. The first-order valence-electron chi connectivity index (χ1n) is 7.40. The number of rotatable bonds is 3. The van der Waals surface area contributed by atoms with Gasteiger partial charge < -0.3 is 10.0 Å². The maximum Gasteiger partial charge on any atom is 0.0502 e. The van der Waals surface area contributed by atoms with Crippen LogP contribution in [0.5, 0.6) is 0 Å². The van der Waals surface area contributed by atoms with E-state index in [-0.39, 0.29) is 6.61 Å². The minimum Gasteiger partial charge on any atom is -0.396 e. The van der Waals surface area contributed by atoms with Crippen molar-refractivity contribution in [2.75, 3.05) is 26.7 Å². The summed E-state index contributed by atoms with van der Waals surface area (Å²) in [7, 11) is 2.19. The van der Waals surface area contributed by atoms with E-state index >= 15 is 0 Å². The summed E-state index contributed by atoms with van der Waals surface area (Å²) in [5.74, 6) is 0.940. The summed E-state index contributed by atoms with van der Waals surface area (Å²) in [6.07, 6.45) is 2.40. The first-order chi connectivity index (χ1) is 9.04. The smallest absolute Gasteiger partial charge is 0.0502 e. The fraction of sp³-hybridized carbons (Fsp3) is 0.647. The molecule has 1 aliphatic heterocycles. The Hall–Kier alpha value is -0.860. The number of benzene rings is 1. The minimum atomic E-state index is 0.276. The van der Waals surface area contributed by atoms with Crippen molar-refractivity contribution in [3.8, 4) is 0 Å². The lowest BCUT2D eigenvalue weighted by atomic mass is 9.78. The Kier molecular flexibility index (Phi) is 4.64. The second-order valence-electron chi connectivity index (χ2n) is 6.15. The molecular formula is C17H27NO. The molecular weight excluding hydrogens is 234 g/mol. The molecule has 0 aromatic heterocycles. The summed E-state index contributed by atoms with van der Waals surface area (Å²) in [5.41, 5.74) is 5.46. The molecule has 2 nitrogen and oxygen atoms in total. The van der Waals surface area contributed by atoms with E-state index in [9.17, 15) is 5.11 Å². The predicted octanol–water partition coefficient (Wildman–Crippen LogP) is 3.03. The van der Waals surface area contributed by atoms with E-state index in [1.165, 1.54) is 35.1 Å². The molecule has 1 heterocycles. The van der Waals surface area contributed by atoms with E-state index in [2.05, 4.69) is 44.9 Å². The second-order valence-corrected chi connectivity index (χ2v) is 6.15. The zero-order chi connectivity index (χ0) is 14.0. The molecule has 0 spiro atoms. The Morgan fingerprint density at radius 2 is 1.79 bits per heavy atom. The molecule has 1 unspecified atom stereocenters. The molecule has 2 heteroatoms. The highest BCUT2D eigenvalue weighted by molar-refractivity contribution is 5.41. The number of aryl methyl sites for hydroxylation is 1. The van der Waals surface area contributed by atoms with Gasteiger partial charge in [-0.15, -0.1) is 0 Å². The molecule has 1 N–H and O–H groups in total. The van der Waals surface area contributed by atoms with Crippen LogP contribution in [0.4, 0.5) is 0 Å². The van der Waals surface area contributed by atoms with Crippen LogP contribution in [0.25, 0.3) is 0 Å². The summed E-state index contributed by atoms with van der Waals surface area (Å²) in [6, 6.07) is 4.44. The van der Waals surface area contributed by atoms with Crippen LogP contribution < -0.4 is 0 Å². The second kappa shape index (κ2) is 6.06. The lowest BCUT2D eigenvalue weighted by molar-refractivity contribution is 0.156. The third-order valence-corrected chi connectivity index (χ3v) is 5.03. The average Bonchev–Trinajstić information content (AvgIpc) is 2.41. The van der Waals surface area contributed by atoms with Gasteiger partial charge in [-0.25, -0.2) is 0 Å². The van der Waals surface area contributed by atoms with Gasteiger partial charge >= 0.3 is 0 Å². The molecule has 0 saturated carbocycles. The quantitative estimate of drug-likeness (QED) is 0.904. The molecule has 1 aromatic rings. The summed E-state index contributed by atoms with van der Waals surface area (Å²) in [6.45, 7) is 9.15. The van der Waals surface area contributed by atoms with Gasteiger partial charge in [0.2, 0.25) is 0 Å². The maximum atomic E-state index is 9.87. The molecule has 0 amide bonds. The van der Waals surface area contributed by atoms with Gasteiger partial charge in [-0.3, -0.25) is 0 Å². The van der Waals surface area contributed by atoms with Gasteiger partial charge in [0, 0.05) is 5.92 Å². The Balaban J connectivity index is 2.25. The van der Waals surface area contributed by atoms with Crippen LogP contribution in [0, 0.1) is 26.7 Å². The molecule has 2 rings (SSSR count). The lowest BCUT2D eigenvalue weighted by Gasteiger charge is -2.34. The Bertz CT molecular complexity index is 433. The topological polar surface area (TPSA) is 23.5 Å². The van der Waals surface area contributed by atoms with Crippen molar-refractivity contribution in [2.45, 2.75) is 39.5 Å². The number of aliphatic hydroxyl groups excluding tert-OH is 1. The fourth-order valence-electron chi connectivity index (χ4n) is 3.31. The molecule has 19 heavy (non-hydrogen) atoms. The minimum absolute atomic E-state index is 0.276. The van der Waals surface area contributed by atoms with Gasteiger partial charge in [0.1, 0.15) is 0 Å². The monoisotopic (exact) mass is 261 g/mol. The summed E-state index contributed by atoms with van der Waals surface area (Å²) < 4.78 is 0. The standard InChI is InChI=1S/C17H27NO/c1-12-5-6-16(14(3)13(12)2)17(11-19)15-7-9-18(4)10-8-15/h5-6,15,17,19H,7-11H2,1-4H3. The first kappa shape index (κ1) is 14.5. The van der Waals surface area contributed by atoms with E-state index < -0.39 is 0 Å². The zero-order valence-electron chi connectivity index (χ0n) is 12.7. The van der Waals surface area contributed by atoms with E-state index in [1.54, 1.807) is 0 Å². The van der Waals surface area contributed by atoms with Crippen molar-refractivity contribution in [1.29, 1.82) is 0 Å². The molecule has 106 valence electrons. The van der Waals surface area contributed by atoms with Crippen molar-refractivity contribution in [2.24, 2.45) is 5.92 Å². The Morgan fingerprint density at radius 1 is 1.16 bits per heavy atom. The summed E-state index contributed by atoms with van der Waals surface area (Å²) in [4.78, 5) is 2.39. The van der Waals surface area contributed by atoms with Crippen molar-refractivity contribution < 1.29 is 5.11 Å². The van der Waals surface area contributed by atoms with Gasteiger partial charge in [-0.05, 0) is 81.9 Å². The first-order valence-corrected chi connectivity index (χ1v) is 7.40. The van der Waals surface area contributed by atoms with Crippen LogP contribution in [-0.4, -0.2) is 36.8 Å². The number of piperidine rings is 1. The highest BCUT2D eigenvalue weighted by Crippen LogP contribution is 2.35. The number of aliphatic hydroxyl groups is 1. The van der Waals surface area contributed by atoms with Crippen LogP contribution in [-0.2, 0) is 0 Å². The van der Waals surface area contributed by atoms with Crippen molar-refractivity contribution in [3.05, 3.63) is 34.4 Å². The summed E-state index contributed by atoms with van der Waals surface area (Å²) in [5, 5.41) is 9.87. The zero-order valence-corrected chi connectivity index (χ0v) is 12.7. The predicted molar refractivity (Wildman–Crippen MR) is 80.7 cm³/mol. The van der Waals surface area contributed by atoms with E-state index in [0.29, 0.717) is 11.8 Å². The normalized spacial score (nSPS) is 19.6. The molecule has 1 saturated heterocycles. The van der Waals surface area contributed by atoms with E-state index in [0.717, 1.165) is 13.1 Å². The van der Waals surface area contributed by atoms with Gasteiger partial charge in [-0.2, -0.15) is 0 Å². The van der Waals surface area contributed by atoms with Crippen LogP contribution in [0.2, 0.25) is 0 Å². The third kappa shape index (κ3) is 3.01. The highest BCUT2D eigenvalue weighted by atomic mass is 16.3. The summed E-state index contributed by atoms with van der Waals surface area (Å²) >= 11 is 0.